The van der Waals surface area contributed by atoms with Gasteiger partial charge in [0, 0.05) is 55.6 Å². The molecule has 7 heteroatoms. The number of allylic oxidation sites excluding steroid dienone is 1. The van der Waals surface area contributed by atoms with Gasteiger partial charge in [-0.2, -0.15) is 15.8 Å². The molecule has 0 amide bonds. The van der Waals surface area contributed by atoms with E-state index in [4.69, 9.17) is 14.2 Å². The summed E-state index contributed by atoms with van der Waals surface area (Å²) in [6, 6.07) is 152. The highest BCUT2D eigenvalue weighted by molar-refractivity contribution is 6.30. The van der Waals surface area contributed by atoms with E-state index in [0.29, 0.717) is 17.5 Å². The van der Waals surface area contributed by atoms with Gasteiger partial charge >= 0.3 is 0 Å². The van der Waals surface area contributed by atoms with Gasteiger partial charge in [0.25, 0.3) is 0 Å². The van der Waals surface area contributed by atoms with Crippen LogP contribution in [0.5, 0.6) is 28.7 Å². The standard InChI is InChI=1S/C45H25NO.C44H24N2O.C39H23NO/c46-26-33-18-24-40-37-21-17-32(25-42(37)47-41-8-4-7-36(33)45(40)41)27-9-11-29(12-10-27)35-20-14-31-15-22-38-34(28-5-2-1-3-6-28)19-13-30-16-23-39(35)44(31)43(30)38;45-25-31-16-22-41-44-33(31)4-3-5-35(44)38-24-30(15-21-40(38)47-41)26-7-9-27(10-8-26)32-17-11-28-14-20-37-34(39-6-1-2-23-46-39)18-12-29-13-19-36(32)42(28)43(29)37;40-22-29-16-20-35-39-31(29)5-2-6-33(39)32-18-15-28(21-36(32)41-35)23-7-9-24(10-8-23)30-17-13-27-12-11-25-3-1-4-26-14-19-34(30)38(27)37(25)26/h1-25H;1-24H;1-15,17-21,29H,16H2. The number of ether oxygens (including phenoxy) is 3. The summed E-state index contributed by atoms with van der Waals surface area (Å²) in [7, 11) is 0. The van der Waals surface area contributed by atoms with Crippen LogP contribution in [0.1, 0.15) is 34.6 Å². The summed E-state index contributed by atoms with van der Waals surface area (Å²) in [5, 5.41) is 55.9. The molecule has 0 spiro atoms. The van der Waals surface area contributed by atoms with Crippen LogP contribution in [-0.2, 0) is 0 Å². The first-order valence-electron chi connectivity index (χ1n) is 45.8. The first-order valence-corrected chi connectivity index (χ1v) is 45.8. The lowest BCUT2D eigenvalue weighted by Gasteiger charge is -2.29. The Morgan fingerprint density at radius 1 is 0.230 bits per heavy atom. The van der Waals surface area contributed by atoms with Crippen molar-refractivity contribution in [3.05, 3.63) is 441 Å². The summed E-state index contributed by atoms with van der Waals surface area (Å²) in [6.45, 7) is 0. The molecule has 0 saturated carbocycles. The highest BCUT2D eigenvalue weighted by atomic mass is 16.5. The van der Waals surface area contributed by atoms with E-state index in [1.54, 1.807) is 0 Å². The van der Waals surface area contributed by atoms with Gasteiger partial charge in [-0.1, -0.05) is 334 Å². The van der Waals surface area contributed by atoms with Crippen LogP contribution >= 0.6 is 0 Å². The maximum Gasteiger partial charge on any atom is 0.136 e. The Kier molecular flexibility index (Phi) is 17.3. The average Bonchev–Trinajstić information content (AvgIpc) is 0.707. The van der Waals surface area contributed by atoms with Gasteiger partial charge in [-0.05, 0) is 282 Å². The molecule has 0 radical (unpaired) electrons. The van der Waals surface area contributed by atoms with Crippen molar-refractivity contribution in [1.29, 1.82) is 15.8 Å². The van der Waals surface area contributed by atoms with Crippen LogP contribution in [0.15, 0.2) is 419 Å². The number of nitrogens with zero attached hydrogens (tertiary/aromatic N) is 4. The normalized spacial score (nSPS) is 13.0. The highest BCUT2D eigenvalue weighted by Crippen LogP contribution is 2.55. The van der Waals surface area contributed by atoms with Gasteiger partial charge in [0.15, 0.2) is 0 Å². The van der Waals surface area contributed by atoms with E-state index in [1.807, 2.05) is 72.9 Å². The first-order chi connectivity index (χ1) is 66.8. The number of hydrogen-bond acceptors (Lipinski definition) is 7. The zero-order valence-electron chi connectivity index (χ0n) is 72.6. The predicted octanol–water partition coefficient (Wildman–Crippen LogP) is 34.5. The average molecular weight is 1710 g/mol. The van der Waals surface area contributed by atoms with Gasteiger partial charge in [0.1, 0.15) is 34.5 Å². The van der Waals surface area contributed by atoms with Crippen molar-refractivity contribution in [1.82, 2.24) is 4.98 Å². The van der Waals surface area contributed by atoms with Crippen molar-refractivity contribution in [2.45, 2.75) is 12.3 Å². The Balaban J connectivity index is 0.000000103. The fourth-order valence-corrected chi connectivity index (χ4v) is 22.2. The van der Waals surface area contributed by atoms with Crippen molar-refractivity contribution < 1.29 is 14.2 Å². The SMILES string of the molecule is N#CC1CC=C2Oc3cc(-c4ccc(-c5ccc6ccc7cccc8ccc5c6c78)cc4)ccc3-c3cccc1c32.N#Cc1ccc2c3c(cccc13)-c1cc(-c3ccc(-c4ccc5ccc6c(-c7ccccn7)ccc7ccc4c5c76)cc3)ccc1O2.N#Cc1ccc2c3c(cccc13)Oc1cc(-c3ccc(-c4ccc5ccc6c(-c7ccccc7)ccc7ccc4c5c76)cc3)ccc1-2. The van der Waals surface area contributed by atoms with Crippen LogP contribution in [0, 0.1) is 34.0 Å². The molecule has 1 aromatic heterocycles. The Labute approximate surface area is 776 Å². The zero-order chi connectivity index (χ0) is 89.2. The van der Waals surface area contributed by atoms with Gasteiger partial charge in [-0.25, -0.2) is 0 Å². The van der Waals surface area contributed by atoms with Crippen molar-refractivity contribution in [3.8, 4) is 169 Å². The predicted molar refractivity (Wildman–Crippen MR) is 554 cm³/mol. The summed E-state index contributed by atoms with van der Waals surface area (Å²) in [5.41, 5.74) is 28.7. The molecule has 29 rings (SSSR count). The third-order valence-electron chi connectivity index (χ3n) is 28.6. The molecule has 7 nitrogen and oxygen atoms in total. The number of benzene rings is 24. The molecule has 1 atom stereocenters. The molecule has 0 N–H and O–H groups in total. The minimum atomic E-state index is -0.120. The summed E-state index contributed by atoms with van der Waals surface area (Å²) >= 11 is 0. The topological polar surface area (TPSA) is 112 Å². The van der Waals surface area contributed by atoms with Crippen LogP contribution in [-0.4, -0.2) is 4.98 Å². The molecule has 1 aliphatic carbocycles. The van der Waals surface area contributed by atoms with Gasteiger partial charge in [-0.3, -0.25) is 4.98 Å². The van der Waals surface area contributed by atoms with Crippen molar-refractivity contribution in [2.24, 2.45) is 0 Å². The second-order valence-corrected chi connectivity index (χ2v) is 35.7. The number of fused-ring (bicyclic) bond motifs is 6. The molecule has 135 heavy (non-hydrogen) atoms. The molecule has 24 aromatic carbocycles. The van der Waals surface area contributed by atoms with E-state index >= 15 is 0 Å². The number of pyridine rings is 1. The Morgan fingerprint density at radius 3 is 1.14 bits per heavy atom. The minimum absolute atomic E-state index is 0.120. The second kappa shape index (κ2) is 30.4. The molecule has 0 fully saturated rings. The van der Waals surface area contributed by atoms with Crippen molar-refractivity contribution in [3.63, 3.8) is 0 Å². The third-order valence-corrected chi connectivity index (χ3v) is 28.6. The Hall–Kier alpha value is -18.3. The molecular weight excluding hydrogens is 1640 g/mol. The van der Waals surface area contributed by atoms with E-state index in [2.05, 4.69) is 369 Å². The van der Waals surface area contributed by atoms with E-state index in [0.717, 1.165) is 145 Å². The smallest absolute Gasteiger partial charge is 0.136 e. The summed E-state index contributed by atoms with van der Waals surface area (Å²) < 4.78 is 19.2. The van der Waals surface area contributed by atoms with Crippen molar-refractivity contribution in [2.75, 3.05) is 0 Å². The molecule has 0 bridgehead atoms. The van der Waals surface area contributed by atoms with Gasteiger partial charge in [0.05, 0.1) is 40.9 Å². The van der Waals surface area contributed by atoms with Crippen LogP contribution in [0.25, 0.3) is 247 Å². The largest absolute Gasteiger partial charge is 0.456 e. The first kappa shape index (κ1) is 76.7. The Bertz CT molecular complexity index is 9500. The van der Waals surface area contributed by atoms with Crippen LogP contribution in [0.4, 0.5) is 0 Å². The number of nitriles is 3. The zero-order valence-corrected chi connectivity index (χ0v) is 72.6. The molecule has 4 aliphatic rings. The van der Waals surface area contributed by atoms with E-state index in [9.17, 15) is 15.8 Å². The summed E-state index contributed by atoms with van der Waals surface area (Å²) in [6.07, 6.45) is 4.61. The van der Waals surface area contributed by atoms with Crippen molar-refractivity contribution >= 4 is 124 Å². The van der Waals surface area contributed by atoms with Gasteiger partial charge in [-0.15, -0.1) is 0 Å². The molecule has 1 unspecified atom stereocenters. The quantitative estimate of drug-likeness (QED) is 0.139. The molecule has 3 aliphatic heterocycles. The summed E-state index contributed by atoms with van der Waals surface area (Å²) in [4.78, 5) is 4.66. The molecule has 4 heterocycles. The highest BCUT2D eigenvalue weighted by Gasteiger charge is 2.32. The summed E-state index contributed by atoms with van der Waals surface area (Å²) in [5.74, 6) is 4.86. The van der Waals surface area contributed by atoms with Crippen LogP contribution in [0.2, 0.25) is 0 Å². The Morgan fingerprint density at radius 2 is 0.607 bits per heavy atom. The number of rotatable bonds is 8. The second-order valence-electron chi connectivity index (χ2n) is 35.7. The third kappa shape index (κ3) is 12.2. The van der Waals surface area contributed by atoms with Gasteiger partial charge < -0.3 is 14.2 Å². The number of hydrogen-bond donors (Lipinski definition) is 0. The molecule has 25 aromatic rings. The lowest BCUT2D eigenvalue weighted by Crippen LogP contribution is -2.13. The fourth-order valence-electron chi connectivity index (χ4n) is 22.2. The molecule has 622 valence electrons. The van der Waals surface area contributed by atoms with E-state index in [1.165, 1.54) is 141 Å². The van der Waals surface area contributed by atoms with E-state index < -0.39 is 0 Å². The maximum atomic E-state index is 9.69. The maximum absolute atomic E-state index is 9.69. The lowest BCUT2D eigenvalue weighted by atomic mass is 9.81. The van der Waals surface area contributed by atoms with Gasteiger partial charge in [0.2, 0.25) is 0 Å². The van der Waals surface area contributed by atoms with Crippen LogP contribution in [0.3, 0.4) is 0 Å². The number of aromatic nitrogens is 1. The molecule has 0 saturated heterocycles. The monoisotopic (exact) mass is 1710 g/mol. The fraction of sp³-hybridized carbons (Fsp3) is 0.0156. The van der Waals surface area contributed by atoms with Crippen LogP contribution < -0.4 is 14.2 Å². The minimum Gasteiger partial charge on any atom is -0.456 e. The van der Waals surface area contributed by atoms with E-state index in [-0.39, 0.29) is 5.92 Å². The molecular formula is C128H72N4O3. The lowest BCUT2D eigenvalue weighted by molar-refractivity contribution is 0.487.